The standard InChI is InChI=1S/C22H21Cl2F3N2O2/c1-10-5-12(22(25,26)27)7-15-17(10)11(9-28-15)6-14-18(23)13(8-16(30)31)19(21(2,3)4)29-20(14)24/h5,7,9,28H,6,8H2,1-4H3,(H,30,31). The first-order chi connectivity index (χ1) is 14.2. The number of carbonyl (C=O) groups is 1. The summed E-state index contributed by atoms with van der Waals surface area (Å²) in [5.74, 6) is -1.05. The van der Waals surface area contributed by atoms with E-state index in [4.69, 9.17) is 23.2 Å². The van der Waals surface area contributed by atoms with Crippen LogP contribution in [0.25, 0.3) is 10.9 Å². The third-order valence-corrected chi connectivity index (χ3v) is 5.84. The van der Waals surface area contributed by atoms with Crippen molar-refractivity contribution in [2.45, 2.75) is 52.1 Å². The van der Waals surface area contributed by atoms with Crippen LogP contribution in [0.5, 0.6) is 0 Å². The van der Waals surface area contributed by atoms with E-state index in [-0.39, 0.29) is 23.0 Å². The zero-order valence-electron chi connectivity index (χ0n) is 17.3. The summed E-state index contributed by atoms with van der Waals surface area (Å²) in [6, 6.07) is 2.16. The quantitative estimate of drug-likeness (QED) is 0.414. The summed E-state index contributed by atoms with van der Waals surface area (Å²) in [6.45, 7) is 7.26. The summed E-state index contributed by atoms with van der Waals surface area (Å²) in [6.07, 6.45) is -2.97. The molecule has 2 heterocycles. The predicted octanol–water partition coefficient (Wildman–Crippen LogP) is 6.71. The predicted molar refractivity (Wildman–Crippen MR) is 115 cm³/mol. The average molecular weight is 473 g/mol. The molecule has 0 amide bonds. The number of H-pyrrole nitrogens is 1. The molecule has 31 heavy (non-hydrogen) atoms. The Kier molecular flexibility index (Phi) is 6.06. The largest absolute Gasteiger partial charge is 0.481 e. The Bertz CT molecular complexity index is 1180. The first-order valence-electron chi connectivity index (χ1n) is 9.47. The highest BCUT2D eigenvalue weighted by Crippen LogP contribution is 2.38. The lowest BCUT2D eigenvalue weighted by molar-refractivity contribution is -0.138. The SMILES string of the molecule is Cc1cc(C(F)(F)F)cc2[nH]cc(Cc3c(Cl)nc(C(C)(C)C)c(CC(=O)O)c3Cl)c12. The van der Waals surface area contributed by atoms with Crippen LogP contribution in [0.15, 0.2) is 18.3 Å². The van der Waals surface area contributed by atoms with Crippen LogP contribution in [0.3, 0.4) is 0 Å². The summed E-state index contributed by atoms with van der Waals surface area (Å²) in [5.41, 5.74) is 1.60. The molecule has 0 spiro atoms. The Balaban J connectivity index is 2.15. The van der Waals surface area contributed by atoms with Crippen LogP contribution in [0.2, 0.25) is 10.2 Å². The van der Waals surface area contributed by atoms with Crippen molar-refractivity contribution in [1.82, 2.24) is 9.97 Å². The zero-order chi connectivity index (χ0) is 23.3. The van der Waals surface area contributed by atoms with E-state index in [1.165, 1.54) is 0 Å². The minimum Gasteiger partial charge on any atom is -0.481 e. The number of aromatic amines is 1. The minimum atomic E-state index is -4.45. The van der Waals surface area contributed by atoms with Crippen molar-refractivity contribution in [2.24, 2.45) is 0 Å². The maximum atomic E-state index is 13.1. The lowest BCUT2D eigenvalue weighted by Gasteiger charge is -2.24. The summed E-state index contributed by atoms with van der Waals surface area (Å²) >= 11 is 13.1. The number of fused-ring (bicyclic) bond motifs is 1. The van der Waals surface area contributed by atoms with Gasteiger partial charge >= 0.3 is 12.1 Å². The maximum absolute atomic E-state index is 13.1. The number of nitrogens with zero attached hydrogens (tertiary/aromatic N) is 1. The number of nitrogens with one attached hydrogen (secondary N) is 1. The molecule has 2 N–H and O–H groups in total. The smallest absolute Gasteiger partial charge is 0.416 e. The first-order valence-corrected chi connectivity index (χ1v) is 10.2. The highest BCUT2D eigenvalue weighted by molar-refractivity contribution is 6.36. The third kappa shape index (κ3) is 4.67. The molecule has 9 heteroatoms. The number of hydrogen-bond acceptors (Lipinski definition) is 2. The van der Waals surface area contributed by atoms with E-state index in [0.29, 0.717) is 38.9 Å². The third-order valence-electron chi connectivity index (χ3n) is 5.07. The van der Waals surface area contributed by atoms with E-state index >= 15 is 0 Å². The van der Waals surface area contributed by atoms with Gasteiger partial charge in [-0.05, 0) is 30.2 Å². The molecule has 0 bridgehead atoms. The van der Waals surface area contributed by atoms with Crippen LogP contribution in [0.4, 0.5) is 13.2 Å². The van der Waals surface area contributed by atoms with Gasteiger partial charge in [-0.15, -0.1) is 0 Å². The molecule has 0 unspecified atom stereocenters. The van der Waals surface area contributed by atoms with Crippen molar-refractivity contribution in [3.05, 3.63) is 62.0 Å². The van der Waals surface area contributed by atoms with E-state index in [9.17, 15) is 23.1 Å². The topological polar surface area (TPSA) is 66.0 Å². The summed E-state index contributed by atoms with van der Waals surface area (Å²) in [7, 11) is 0. The van der Waals surface area contributed by atoms with Gasteiger partial charge in [0.05, 0.1) is 22.7 Å². The van der Waals surface area contributed by atoms with E-state index in [1.54, 1.807) is 13.1 Å². The molecule has 0 radical (unpaired) electrons. The highest BCUT2D eigenvalue weighted by Gasteiger charge is 2.32. The first kappa shape index (κ1) is 23.4. The van der Waals surface area contributed by atoms with Gasteiger partial charge in [0.25, 0.3) is 0 Å². The Morgan fingerprint density at radius 1 is 1.16 bits per heavy atom. The fourth-order valence-corrected chi connectivity index (χ4v) is 4.36. The molecule has 0 atom stereocenters. The van der Waals surface area contributed by atoms with E-state index < -0.39 is 23.1 Å². The van der Waals surface area contributed by atoms with Crippen molar-refractivity contribution >= 4 is 40.1 Å². The molecule has 3 rings (SSSR count). The number of halogens is 5. The number of rotatable bonds is 4. The number of benzene rings is 1. The fraction of sp³-hybridized carbons (Fsp3) is 0.364. The molecule has 0 aliphatic rings. The number of hydrogen-bond donors (Lipinski definition) is 2. The van der Waals surface area contributed by atoms with Gasteiger partial charge < -0.3 is 10.1 Å². The Hall–Kier alpha value is -2.25. The van der Waals surface area contributed by atoms with E-state index in [1.807, 2.05) is 20.8 Å². The Morgan fingerprint density at radius 3 is 2.35 bits per heavy atom. The van der Waals surface area contributed by atoms with E-state index in [2.05, 4.69) is 9.97 Å². The molecule has 0 aliphatic heterocycles. The minimum absolute atomic E-state index is 0.142. The van der Waals surface area contributed by atoms with Crippen LogP contribution >= 0.6 is 23.2 Å². The second-order valence-electron chi connectivity index (χ2n) is 8.55. The van der Waals surface area contributed by atoms with E-state index in [0.717, 1.165) is 12.1 Å². The summed E-state index contributed by atoms with van der Waals surface area (Å²) < 4.78 is 39.4. The molecule has 0 saturated heterocycles. The van der Waals surface area contributed by atoms with Gasteiger partial charge in [-0.2, -0.15) is 13.2 Å². The molecule has 0 saturated carbocycles. The summed E-state index contributed by atoms with van der Waals surface area (Å²) in [5, 5.41) is 10.3. The number of aliphatic carboxylic acids is 1. The van der Waals surface area contributed by atoms with Crippen LogP contribution < -0.4 is 0 Å². The second-order valence-corrected chi connectivity index (χ2v) is 9.28. The molecular formula is C22H21Cl2F3N2O2. The number of aromatic nitrogens is 2. The van der Waals surface area contributed by atoms with Crippen molar-refractivity contribution < 1.29 is 23.1 Å². The van der Waals surface area contributed by atoms with Gasteiger partial charge in [0.1, 0.15) is 5.15 Å². The monoisotopic (exact) mass is 472 g/mol. The molecule has 0 fully saturated rings. The second kappa shape index (κ2) is 8.02. The van der Waals surface area contributed by atoms with Gasteiger partial charge in [0, 0.05) is 40.1 Å². The van der Waals surface area contributed by atoms with Crippen molar-refractivity contribution in [3.63, 3.8) is 0 Å². The van der Waals surface area contributed by atoms with Crippen LogP contribution in [-0.4, -0.2) is 21.0 Å². The molecular weight excluding hydrogens is 452 g/mol. The van der Waals surface area contributed by atoms with Crippen LogP contribution in [-0.2, 0) is 29.2 Å². The van der Waals surface area contributed by atoms with Crippen molar-refractivity contribution in [1.29, 1.82) is 0 Å². The molecule has 2 aromatic heterocycles. The number of alkyl halides is 3. The number of pyridine rings is 1. The molecule has 0 aliphatic carbocycles. The molecule has 1 aromatic carbocycles. The maximum Gasteiger partial charge on any atom is 0.416 e. The molecule has 166 valence electrons. The van der Waals surface area contributed by atoms with Gasteiger partial charge in [-0.25, -0.2) is 4.98 Å². The zero-order valence-corrected chi connectivity index (χ0v) is 18.9. The number of aryl methyl sites for hydroxylation is 1. The lowest BCUT2D eigenvalue weighted by Crippen LogP contribution is -2.20. The van der Waals surface area contributed by atoms with Gasteiger partial charge in [-0.3, -0.25) is 4.79 Å². The number of carboxylic acids is 1. The van der Waals surface area contributed by atoms with Crippen molar-refractivity contribution in [3.8, 4) is 0 Å². The van der Waals surface area contributed by atoms with Gasteiger partial charge in [0.2, 0.25) is 0 Å². The molecule has 4 nitrogen and oxygen atoms in total. The molecule has 3 aromatic rings. The normalized spacial score (nSPS) is 12.5. The Morgan fingerprint density at radius 2 is 1.81 bits per heavy atom. The van der Waals surface area contributed by atoms with Crippen LogP contribution in [0, 0.1) is 6.92 Å². The summed E-state index contributed by atoms with van der Waals surface area (Å²) in [4.78, 5) is 18.8. The van der Waals surface area contributed by atoms with Gasteiger partial charge in [-0.1, -0.05) is 44.0 Å². The number of carboxylic acid groups (broad SMARTS) is 1. The lowest BCUT2D eigenvalue weighted by atomic mass is 9.86. The van der Waals surface area contributed by atoms with Crippen molar-refractivity contribution in [2.75, 3.05) is 0 Å². The fourth-order valence-electron chi connectivity index (χ4n) is 3.75. The average Bonchev–Trinajstić information content (AvgIpc) is 3.02. The Labute approximate surface area is 187 Å². The van der Waals surface area contributed by atoms with Crippen LogP contribution in [0.1, 0.15) is 54.3 Å². The highest BCUT2D eigenvalue weighted by atomic mass is 35.5. The van der Waals surface area contributed by atoms with Gasteiger partial charge in [0.15, 0.2) is 0 Å².